The van der Waals surface area contributed by atoms with Crippen molar-refractivity contribution in [2.24, 2.45) is 0 Å². The Morgan fingerprint density at radius 1 is 0.850 bits per heavy atom. The van der Waals surface area contributed by atoms with E-state index in [1.807, 2.05) is 0 Å². The van der Waals surface area contributed by atoms with Crippen LogP contribution in [0.25, 0.3) is 11.1 Å². The van der Waals surface area contributed by atoms with Gasteiger partial charge in [-0.25, -0.2) is 9.59 Å². The summed E-state index contributed by atoms with van der Waals surface area (Å²) < 4.78 is 0. The van der Waals surface area contributed by atoms with Gasteiger partial charge >= 0.3 is 11.9 Å². The number of aromatic carboxylic acids is 2. The van der Waals surface area contributed by atoms with E-state index in [1.165, 1.54) is 36.4 Å². The Balaban J connectivity index is 2.56. The fraction of sp³-hybridized carbons (Fsp3) is 0. The van der Waals surface area contributed by atoms with Crippen LogP contribution in [0.2, 0.25) is 10.0 Å². The van der Waals surface area contributed by atoms with E-state index in [-0.39, 0.29) is 16.1 Å². The summed E-state index contributed by atoms with van der Waals surface area (Å²) in [5.41, 5.74) is 1.09. The summed E-state index contributed by atoms with van der Waals surface area (Å²) in [5.74, 6) is -2.21. The van der Waals surface area contributed by atoms with Crippen molar-refractivity contribution in [1.82, 2.24) is 0 Å². The molecule has 0 aliphatic carbocycles. The average molecular weight is 311 g/mol. The van der Waals surface area contributed by atoms with E-state index in [0.29, 0.717) is 16.1 Å². The van der Waals surface area contributed by atoms with E-state index >= 15 is 0 Å². The second-order valence-corrected chi connectivity index (χ2v) is 4.81. The van der Waals surface area contributed by atoms with Crippen molar-refractivity contribution in [3.8, 4) is 11.1 Å². The summed E-state index contributed by atoms with van der Waals surface area (Å²) in [5, 5.41) is 18.3. The molecule has 0 aliphatic heterocycles. The van der Waals surface area contributed by atoms with Gasteiger partial charge in [-0.1, -0.05) is 29.3 Å². The van der Waals surface area contributed by atoms with Crippen LogP contribution in [-0.4, -0.2) is 22.2 Å². The molecule has 0 saturated heterocycles. The third kappa shape index (κ3) is 2.76. The Labute approximate surface area is 124 Å². The molecule has 0 spiro atoms. The molecule has 0 amide bonds. The Morgan fingerprint density at radius 3 is 2.10 bits per heavy atom. The standard InChI is InChI=1S/C14H8Cl2O4/c15-11-4-2-8(13(17)18)5-10(11)7-1-3-9(14(19)20)12(16)6-7/h1-6H,(H,17,18)(H,19,20). The predicted octanol–water partition coefficient (Wildman–Crippen LogP) is 4.06. The summed E-state index contributed by atoms with van der Waals surface area (Å²) in [6, 6.07) is 8.60. The van der Waals surface area contributed by atoms with Crippen LogP contribution >= 0.6 is 23.2 Å². The molecule has 2 aromatic rings. The van der Waals surface area contributed by atoms with Crippen LogP contribution in [0, 0.1) is 0 Å². The first-order valence-electron chi connectivity index (χ1n) is 5.46. The molecule has 0 heterocycles. The van der Waals surface area contributed by atoms with Crippen molar-refractivity contribution in [3.05, 3.63) is 57.6 Å². The van der Waals surface area contributed by atoms with E-state index < -0.39 is 11.9 Å². The van der Waals surface area contributed by atoms with Crippen molar-refractivity contribution >= 4 is 35.1 Å². The maximum atomic E-state index is 11.0. The van der Waals surface area contributed by atoms with Crippen LogP contribution in [0.4, 0.5) is 0 Å². The topological polar surface area (TPSA) is 74.6 Å². The fourth-order valence-corrected chi connectivity index (χ4v) is 2.22. The van der Waals surface area contributed by atoms with Crippen molar-refractivity contribution in [3.63, 3.8) is 0 Å². The molecule has 0 aliphatic rings. The van der Waals surface area contributed by atoms with Crippen LogP contribution in [0.1, 0.15) is 20.7 Å². The van der Waals surface area contributed by atoms with Gasteiger partial charge in [-0.15, -0.1) is 0 Å². The predicted molar refractivity (Wildman–Crippen MR) is 75.8 cm³/mol. The minimum Gasteiger partial charge on any atom is -0.478 e. The van der Waals surface area contributed by atoms with Gasteiger partial charge in [-0.2, -0.15) is 0 Å². The van der Waals surface area contributed by atoms with Crippen LogP contribution in [-0.2, 0) is 0 Å². The van der Waals surface area contributed by atoms with Crippen molar-refractivity contribution < 1.29 is 19.8 Å². The van der Waals surface area contributed by atoms with Crippen molar-refractivity contribution in [1.29, 1.82) is 0 Å². The molecule has 2 rings (SSSR count). The second kappa shape index (κ2) is 5.53. The first-order valence-corrected chi connectivity index (χ1v) is 6.22. The number of carboxylic acid groups (broad SMARTS) is 2. The maximum Gasteiger partial charge on any atom is 0.337 e. The zero-order chi connectivity index (χ0) is 14.9. The average Bonchev–Trinajstić information content (AvgIpc) is 2.38. The Bertz CT molecular complexity index is 710. The van der Waals surface area contributed by atoms with Gasteiger partial charge in [-0.3, -0.25) is 0 Å². The molecule has 0 radical (unpaired) electrons. The fourth-order valence-electron chi connectivity index (χ4n) is 1.74. The van der Waals surface area contributed by atoms with Gasteiger partial charge in [0.25, 0.3) is 0 Å². The summed E-state index contributed by atoms with van der Waals surface area (Å²) in [4.78, 5) is 21.9. The summed E-state index contributed by atoms with van der Waals surface area (Å²) >= 11 is 11.9. The van der Waals surface area contributed by atoms with E-state index in [0.717, 1.165) is 0 Å². The Morgan fingerprint density at radius 2 is 1.55 bits per heavy atom. The number of carboxylic acids is 2. The quantitative estimate of drug-likeness (QED) is 0.896. The highest BCUT2D eigenvalue weighted by Gasteiger charge is 2.13. The summed E-state index contributed by atoms with van der Waals surface area (Å²) in [7, 11) is 0. The van der Waals surface area contributed by atoms with Gasteiger partial charge in [0.2, 0.25) is 0 Å². The van der Waals surface area contributed by atoms with Gasteiger partial charge in [0.15, 0.2) is 0 Å². The highest BCUT2D eigenvalue weighted by molar-refractivity contribution is 6.35. The van der Waals surface area contributed by atoms with Crippen LogP contribution in [0.3, 0.4) is 0 Å². The molecular formula is C14H8Cl2O4. The molecule has 2 N–H and O–H groups in total. The molecule has 102 valence electrons. The third-order valence-corrected chi connectivity index (χ3v) is 3.37. The number of hydrogen-bond acceptors (Lipinski definition) is 2. The van der Waals surface area contributed by atoms with Crippen LogP contribution in [0.15, 0.2) is 36.4 Å². The highest BCUT2D eigenvalue weighted by Crippen LogP contribution is 2.31. The van der Waals surface area contributed by atoms with Gasteiger partial charge in [0, 0.05) is 10.6 Å². The summed E-state index contributed by atoms with van der Waals surface area (Å²) in [6.07, 6.45) is 0. The minimum atomic E-state index is -1.13. The molecule has 0 bridgehead atoms. The summed E-state index contributed by atoms with van der Waals surface area (Å²) in [6.45, 7) is 0. The van der Waals surface area contributed by atoms with Gasteiger partial charge < -0.3 is 10.2 Å². The molecule has 4 nitrogen and oxygen atoms in total. The van der Waals surface area contributed by atoms with Gasteiger partial charge in [0.05, 0.1) is 16.1 Å². The number of benzene rings is 2. The zero-order valence-corrected chi connectivity index (χ0v) is 11.4. The molecule has 6 heteroatoms. The smallest absolute Gasteiger partial charge is 0.337 e. The van der Waals surface area contributed by atoms with Crippen molar-refractivity contribution in [2.45, 2.75) is 0 Å². The third-order valence-electron chi connectivity index (χ3n) is 2.72. The van der Waals surface area contributed by atoms with E-state index in [1.54, 1.807) is 0 Å². The monoisotopic (exact) mass is 310 g/mol. The lowest BCUT2D eigenvalue weighted by Gasteiger charge is -2.08. The molecule has 0 saturated carbocycles. The lowest BCUT2D eigenvalue weighted by atomic mass is 10.0. The molecule has 2 aromatic carbocycles. The van der Waals surface area contributed by atoms with Gasteiger partial charge in [-0.05, 0) is 35.9 Å². The largest absolute Gasteiger partial charge is 0.478 e. The molecule has 0 atom stereocenters. The number of carbonyl (C=O) groups is 2. The maximum absolute atomic E-state index is 11.0. The molecule has 0 fully saturated rings. The van der Waals surface area contributed by atoms with Crippen LogP contribution < -0.4 is 0 Å². The lowest BCUT2D eigenvalue weighted by molar-refractivity contribution is 0.0686. The van der Waals surface area contributed by atoms with Gasteiger partial charge in [0.1, 0.15) is 0 Å². The van der Waals surface area contributed by atoms with Crippen LogP contribution in [0.5, 0.6) is 0 Å². The van der Waals surface area contributed by atoms with E-state index in [9.17, 15) is 9.59 Å². The van der Waals surface area contributed by atoms with E-state index in [2.05, 4.69) is 0 Å². The normalized spacial score (nSPS) is 10.3. The zero-order valence-electron chi connectivity index (χ0n) is 9.93. The number of halogens is 2. The number of rotatable bonds is 3. The molecule has 0 aromatic heterocycles. The molecule has 0 unspecified atom stereocenters. The second-order valence-electron chi connectivity index (χ2n) is 4.00. The minimum absolute atomic E-state index is 0.0269. The SMILES string of the molecule is O=C(O)c1ccc(Cl)c(-c2ccc(C(=O)O)c(Cl)c2)c1. The van der Waals surface area contributed by atoms with E-state index in [4.69, 9.17) is 33.4 Å². The first-order chi connectivity index (χ1) is 9.40. The highest BCUT2D eigenvalue weighted by atomic mass is 35.5. The first kappa shape index (κ1) is 14.4. The Kier molecular flexibility index (Phi) is 3.97. The van der Waals surface area contributed by atoms with Crippen molar-refractivity contribution in [2.75, 3.05) is 0 Å². The molecule has 20 heavy (non-hydrogen) atoms. The Hall–Kier alpha value is -2.04. The lowest BCUT2D eigenvalue weighted by Crippen LogP contribution is -1.98. The number of hydrogen-bond donors (Lipinski definition) is 2. The molecular weight excluding hydrogens is 303 g/mol.